The molecule has 1 aliphatic rings. The number of para-hydroxylation sites is 1. The van der Waals surface area contributed by atoms with Gasteiger partial charge in [-0.15, -0.1) is 0 Å². The second-order valence-electron chi connectivity index (χ2n) is 4.83. The van der Waals surface area contributed by atoms with Crippen LogP contribution in [0.2, 0.25) is 0 Å². The average molecular weight is 242 g/mol. The van der Waals surface area contributed by atoms with Gasteiger partial charge < -0.3 is 0 Å². The van der Waals surface area contributed by atoms with Crippen LogP contribution in [0.15, 0.2) is 36.5 Å². The third kappa shape index (κ3) is 2.52. The number of fused-ring (bicyclic) bond motifs is 1. The van der Waals surface area contributed by atoms with Crippen molar-refractivity contribution in [1.29, 1.82) is 0 Å². The predicted octanol–water partition coefficient (Wildman–Crippen LogP) is 3.20. The van der Waals surface area contributed by atoms with Gasteiger partial charge in [0, 0.05) is 18.1 Å². The molecule has 3 nitrogen and oxygen atoms in total. The van der Waals surface area contributed by atoms with Gasteiger partial charge in [0.1, 0.15) is 0 Å². The number of aromatic nitrogens is 1. The fraction of sp³-hybridized carbons (Fsp3) is 0.400. The van der Waals surface area contributed by atoms with Crippen LogP contribution in [0, 0.1) is 0 Å². The van der Waals surface area contributed by atoms with Crippen molar-refractivity contribution in [2.24, 2.45) is 0 Å². The highest BCUT2D eigenvalue weighted by Gasteiger charge is 2.15. The molecule has 0 radical (unpaired) electrons. The number of rotatable bonds is 4. The van der Waals surface area contributed by atoms with E-state index in [2.05, 4.69) is 16.5 Å². The fourth-order valence-electron chi connectivity index (χ4n) is 2.55. The largest absolute Gasteiger partial charge is 0.298 e. The molecular weight excluding hydrogens is 224 g/mol. The van der Waals surface area contributed by atoms with Crippen LogP contribution in [-0.2, 0) is 11.4 Å². The van der Waals surface area contributed by atoms with E-state index in [0.29, 0.717) is 6.10 Å². The summed E-state index contributed by atoms with van der Waals surface area (Å²) >= 11 is 0. The van der Waals surface area contributed by atoms with Gasteiger partial charge in [-0.25, -0.2) is 0 Å². The van der Waals surface area contributed by atoms with E-state index in [1.165, 1.54) is 36.6 Å². The molecule has 3 rings (SSSR count). The molecular formula is C15H18N2O. The topological polar surface area (TPSA) is 34.1 Å². The van der Waals surface area contributed by atoms with Crippen LogP contribution in [0.5, 0.6) is 0 Å². The number of nitrogens with one attached hydrogen (secondary N) is 1. The van der Waals surface area contributed by atoms with Crippen molar-refractivity contribution in [1.82, 2.24) is 10.5 Å². The lowest BCUT2D eigenvalue weighted by Crippen LogP contribution is -2.21. The Morgan fingerprint density at radius 3 is 2.89 bits per heavy atom. The zero-order valence-electron chi connectivity index (χ0n) is 10.4. The first-order chi connectivity index (χ1) is 8.93. The summed E-state index contributed by atoms with van der Waals surface area (Å²) in [6.07, 6.45) is 7.22. The van der Waals surface area contributed by atoms with Gasteiger partial charge in [-0.2, -0.15) is 5.48 Å². The molecule has 18 heavy (non-hydrogen) atoms. The van der Waals surface area contributed by atoms with Gasteiger partial charge in [0.15, 0.2) is 0 Å². The third-order valence-electron chi connectivity index (χ3n) is 3.55. The highest BCUT2D eigenvalue weighted by atomic mass is 16.7. The molecule has 1 N–H and O–H groups in total. The summed E-state index contributed by atoms with van der Waals surface area (Å²) in [6.45, 7) is 0.736. The molecule has 1 fully saturated rings. The second kappa shape index (κ2) is 5.46. The molecule has 0 unspecified atom stereocenters. The maximum atomic E-state index is 5.69. The summed E-state index contributed by atoms with van der Waals surface area (Å²) in [6, 6.07) is 10.3. The van der Waals surface area contributed by atoms with Gasteiger partial charge in [0.05, 0.1) is 11.6 Å². The summed E-state index contributed by atoms with van der Waals surface area (Å²) in [5.74, 6) is 0. The first-order valence-electron chi connectivity index (χ1n) is 6.64. The van der Waals surface area contributed by atoms with E-state index < -0.39 is 0 Å². The molecule has 0 spiro atoms. The van der Waals surface area contributed by atoms with Gasteiger partial charge in [-0.3, -0.25) is 9.82 Å². The molecule has 1 aromatic heterocycles. The minimum Gasteiger partial charge on any atom is -0.298 e. The zero-order valence-corrected chi connectivity index (χ0v) is 10.4. The normalized spacial score (nSPS) is 16.4. The van der Waals surface area contributed by atoms with Crippen LogP contribution in [0.25, 0.3) is 10.9 Å². The Bertz CT molecular complexity index is 515. The SMILES string of the molecule is c1ccc2c(CNOC3CCCC3)ccnc2c1. The van der Waals surface area contributed by atoms with Crippen LogP contribution in [0.1, 0.15) is 31.2 Å². The Morgan fingerprint density at radius 2 is 2.00 bits per heavy atom. The highest BCUT2D eigenvalue weighted by Crippen LogP contribution is 2.20. The Labute approximate surface area is 107 Å². The molecule has 1 heterocycles. The Morgan fingerprint density at radius 1 is 1.17 bits per heavy atom. The van der Waals surface area contributed by atoms with Crippen molar-refractivity contribution < 1.29 is 4.84 Å². The third-order valence-corrected chi connectivity index (χ3v) is 3.55. The van der Waals surface area contributed by atoms with Crippen LogP contribution in [0.4, 0.5) is 0 Å². The number of pyridine rings is 1. The van der Waals surface area contributed by atoms with E-state index in [-0.39, 0.29) is 0 Å². The quantitative estimate of drug-likeness (QED) is 0.836. The van der Waals surface area contributed by atoms with Crippen molar-refractivity contribution in [2.75, 3.05) is 0 Å². The summed E-state index contributed by atoms with van der Waals surface area (Å²) < 4.78 is 0. The Kier molecular flexibility index (Phi) is 3.53. The molecule has 0 atom stereocenters. The number of benzene rings is 1. The first kappa shape index (κ1) is 11.6. The van der Waals surface area contributed by atoms with E-state index >= 15 is 0 Å². The monoisotopic (exact) mass is 242 g/mol. The number of nitrogens with zero attached hydrogens (tertiary/aromatic N) is 1. The summed E-state index contributed by atoms with van der Waals surface area (Å²) in [7, 11) is 0. The summed E-state index contributed by atoms with van der Waals surface area (Å²) in [5.41, 5.74) is 5.38. The minimum absolute atomic E-state index is 0.401. The van der Waals surface area contributed by atoms with Crippen molar-refractivity contribution in [3.05, 3.63) is 42.1 Å². The Hall–Kier alpha value is -1.45. The zero-order chi connectivity index (χ0) is 12.2. The maximum absolute atomic E-state index is 5.69. The molecule has 0 aliphatic heterocycles. The van der Waals surface area contributed by atoms with E-state index in [9.17, 15) is 0 Å². The first-order valence-corrected chi connectivity index (χ1v) is 6.64. The number of hydroxylamine groups is 1. The van der Waals surface area contributed by atoms with Crippen molar-refractivity contribution in [3.63, 3.8) is 0 Å². The second-order valence-corrected chi connectivity index (χ2v) is 4.83. The van der Waals surface area contributed by atoms with Crippen LogP contribution >= 0.6 is 0 Å². The van der Waals surface area contributed by atoms with Gasteiger partial charge in [-0.1, -0.05) is 31.0 Å². The smallest absolute Gasteiger partial charge is 0.0790 e. The van der Waals surface area contributed by atoms with Crippen molar-refractivity contribution in [3.8, 4) is 0 Å². The molecule has 0 bridgehead atoms. The molecule has 1 saturated carbocycles. The number of hydrogen-bond acceptors (Lipinski definition) is 3. The predicted molar refractivity (Wildman–Crippen MR) is 71.9 cm³/mol. The van der Waals surface area contributed by atoms with Crippen LogP contribution < -0.4 is 5.48 Å². The molecule has 2 aromatic rings. The van der Waals surface area contributed by atoms with Gasteiger partial charge in [-0.05, 0) is 30.5 Å². The fourth-order valence-corrected chi connectivity index (χ4v) is 2.55. The molecule has 94 valence electrons. The lowest BCUT2D eigenvalue weighted by Gasteiger charge is -2.12. The lowest BCUT2D eigenvalue weighted by atomic mass is 10.1. The lowest BCUT2D eigenvalue weighted by molar-refractivity contribution is -0.0242. The van der Waals surface area contributed by atoms with Gasteiger partial charge >= 0.3 is 0 Å². The molecule has 1 aliphatic carbocycles. The van der Waals surface area contributed by atoms with Crippen molar-refractivity contribution in [2.45, 2.75) is 38.3 Å². The van der Waals surface area contributed by atoms with E-state index in [1.54, 1.807) is 0 Å². The van der Waals surface area contributed by atoms with E-state index in [4.69, 9.17) is 4.84 Å². The molecule has 3 heteroatoms. The highest BCUT2D eigenvalue weighted by molar-refractivity contribution is 5.81. The molecule has 0 saturated heterocycles. The van der Waals surface area contributed by atoms with Crippen LogP contribution in [-0.4, -0.2) is 11.1 Å². The number of hydrogen-bond donors (Lipinski definition) is 1. The molecule has 0 amide bonds. The minimum atomic E-state index is 0.401. The maximum Gasteiger partial charge on any atom is 0.0790 e. The van der Waals surface area contributed by atoms with Crippen molar-refractivity contribution >= 4 is 10.9 Å². The molecule has 1 aromatic carbocycles. The standard InChI is InChI=1S/C15H18N2O/c1-2-6-13(5-1)18-17-11-12-9-10-16-15-8-4-3-7-14(12)15/h3-4,7-10,13,17H,1-2,5-6,11H2. The Balaban J connectivity index is 1.66. The van der Waals surface area contributed by atoms with E-state index in [0.717, 1.165) is 12.1 Å². The van der Waals surface area contributed by atoms with Crippen LogP contribution in [0.3, 0.4) is 0 Å². The summed E-state index contributed by atoms with van der Waals surface area (Å²) in [4.78, 5) is 10.0. The average Bonchev–Trinajstić information content (AvgIpc) is 2.92. The van der Waals surface area contributed by atoms with Gasteiger partial charge in [0.2, 0.25) is 0 Å². The summed E-state index contributed by atoms with van der Waals surface area (Å²) in [5, 5.41) is 1.20. The van der Waals surface area contributed by atoms with E-state index in [1.807, 2.05) is 30.5 Å². The van der Waals surface area contributed by atoms with Gasteiger partial charge in [0.25, 0.3) is 0 Å².